The maximum atomic E-state index is 10.8. The number of carbonyl (C=O) groups excluding carboxylic acids is 1. The molecular weight excluding hydrogens is 202 g/mol. The van der Waals surface area contributed by atoms with E-state index >= 15 is 0 Å². The van der Waals surface area contributed by atoms with Gasteiger partial charge in [0, 0.05) is 6.42 Å². The van der Waals surface area contributed by atoms with Gasteiger partial charge in [-0.1, -0.05) is 38.1 Å². The van der Waals surface area contributed by atoms with Gasteiger partial charge in [-0.2, -0.15) is 0 Å². The Labute approximate surface area is 96.6 Å². The lowest BCUT2D eigenvalue weighted by atomic mass is 10.0. The summed E-state index contributed by atoms with van der Waals surface area (Å²) in [7, 11) is 0. The lowest BCUT2D eigenvalue weighted by Crippen LogP contribution is -2.17. The van der Waals surface area contributed by atoms with Gasteiger partial charge in [0.25, 0.3) is 0 Å². The van der Waals surface area contributed by atoms with Crippen molar-refractivity contribution >= 4 is 5.97 Å². The molecule has 1 rings (SSSR count). The van der Waals surface area contributed by atoms with E-state index in [4.69, 9.17) is 10.5 Å². The Morgan fingerprint density at radius 3 is 2.44 bits per heavy atom. The Kier molecular flexibility index (Phi) is 4.99. The highest BCUT2D eigenvalue weighted by Crippen LogP contribution is 2.14. The van der Waals surface area contributed by atoms with E-state index < -0.39 is 0 Å². The van der Waals surface area contributed by atoms with Crippen LogP contribution >= 0.6 is 0 Å². The Bertz CT molecular complexity index is 330. The molecule has 0 radical (unpaired) electrons. The second kappa shape index (κ2) is 6.28. The number of hydrogen-bond donors (Lipinski definition) is 1. The van der Waals surface area contributed by atoms with Gasteiger partial charge in [-0.25, -0.2) is 0 Å². The molecule has 0 saturated heterocycles. The van der Waals surface area contributed by atoms with Gasteiger partial charge in [0.05, 0.1) is 13.2 Å². The van der Waals surface area contributed by atoms with Crippen molar-refractivity contribution < 1.29 is 9.53 Å². The van der Waals surface area contributed by atoms with Gasteiger partial charge in [-0.3, -0.25) is 4.79 Å². The lowest BCUT2D eigenvalue weighted by Gasteiger charge is -2.07. The molecule has 0 aliphatic rings. The summed E-state index contributed by atoms with van der Waals surface area (Å²) >= 11 is 0. The third-order valence-electron chi connectivity index (χ3n) is 2.47. The van der Waals surface area contributed by atoms with Crippen LogP contribution in [0.1, 0.15) is 30.9 Å². The number of carbonyl (C=O) groups is 1. The predicted octanol–water partition coefficient (Wildman–Crippen LogP) is 1.85. The predicted molar refractivity (Wildman–Crippen MR) is 64.2 cm³/mol. The van der Waals surface area contributed by atoms with Crippen LogP contribution < -0.4 is 5.73 Å². The third kappa shape index (κ3) is 4.03. The first-order chi connectivity index (χ1) is 7.63. The molecule has 0 unspecified atom stereocenters. The molecule has 0 saturated carbocycles. The second-order valence-electron chi connectivity index (χ2n) is 4.07. The fraction of sp³-hybridized carbons (Fsp3) is 0.462. The maximum absolute atomic E-state index is 10.8. The summed E-state index contributed by atoms with van der Waals surface area (Å²) in [6.45, 7) is 4.68. The molecule has 0 bridgehead atoms. The summed E-state index contributed by atoms with van der Waals surface area (Å²) in [5.41, 5.74) is 7.63. The van der Waals surface area contributed by atoms with Gasteiger partial charge < -0.3 is 10.5 Å². The van der Waals surface area contributed by atoms with Crippen LogP contribution in [-0.4, -0.2) is 19.1 Å². The van der Waals surface area contributed by atoms with E-state index in [1.165, 1.54) is 11.1 Å². The van der Waals surface area contributed by atoms with Crippen molar-refractivity contribution in [2.45, 2.75) is 26.2 Å². The first-order valence-corrected chi connectivity index (χ1v) is 5.58. The minimum Gasteiger partial charge on any atom is -0.464 e. The normalized spacial score (nSPS) is 10.5. The summed E-state index contributed by atoms with van der Waals surface area (Å²) in [5, 5.41) is 0. The summed E-state index contributed by atoms with van der Waals surface area (Å²) in [4.78, 5) is 10.8. The number of rotatable bonds is 5. The smallest absolute Gasteiger partial charge is 0.319 e. The van der Waals surface area contributed by atoms with E-state index in [2.05, 4.69) is 38.1 Å². The fourth-order valence-corrected chi connectivity index (χ4v) is 1.41. The fourth-order valence-electron chi connectivity index (χ4n) is 1.41. The minimum absolute atomic E-state index is 0.0493. The van der Waals surface area contributed by atoms with Gasteiger partial charge in [-0.05, 0) is 17.0 Å². The zero-order valence-electron chi connectivity index (χ0n) is 9.90. The monoisotopic (exact) mass is 221 g/mol. The average molecular weight is 221 g/mol. The minimum atomic E-state index is -0.348. The summed E-state index contributed by atoms with van der Waals surface area (Å²) < 4.78 is 4.91. The first kappa shape index (κ1) is 12.7. The topological polar surface area (TPSA) is 52.3 Å². The van der Waals surface area contributed by atoms with Crippen molar-refractivity contribution in [3.05, 3.63) is 35.4 Å². The molecule has 1 aromatic rings. The molecule has 0 atom stereocenters. The number of hydrogen-bond acceptors (Lipinski definition) is 3. The van der Waals surface area contributed by atoms with Gasteiger partial charge in [0.1, 0.15) is 0 Å². The Morgan fingerprint density at radius 1 is 1.31 bits per heavy atom. The molecule has 0 aliphatic heterocycles. The van der Waals surface area contributed by atoms with Gasteiger partial charge in [-0.15, -0.1) is 0 Å². The second-order valence-corrected chi connectivity index (χ2v) is 4.07. The molecule has 2 N–H and O–H groups in total. The quantitative estimate of drug-likeness (QED) is 0.772. The van der Waals surface area contributed by atoms with Crippen LogP contribution in [0, 0.1) is 0 Å². The molecule has 0 aromatic heterocycles. The highest BCUT2D eigenvalue weighted by molar-refractivity contribution is 5.71. The van der Waals surface area contributed by atoms with E-state index in [0.29, 0.717) is 12.5 Å². The van der Waals surface area contributed by atoms with Gasteiger partial charge in [0.2, 0.25) is 0 Å². The number of esters is 1. The Morgan fingerprint density at radius 2 is 1.94 bits per heavy atom. The number of nitrogens with two attached hydrogens (primary N) is 1. The van der Waals surface area contributed by atoms with Crippen LogP contribution in [0.5, 0.6) is 0 Å². The van der Waals surface area contributed by atoms with Crippen LogP contribution in [0.2, 0.25) is 0 Å². The third-order valence-corrected chi connectivity index (χ3v) is 2.47. The summed E-state index contributed by atoms with van der Waals surface area (Å²) in [6.07, 6.45) is 0.740. The van der Waals surface area contributed by atoms with Crippen molar-refractivity contribution in [1.82, 2.24) is 0 Å². The van der Waals surface area contributed by atoms with E-state index in [1.807, 2.05) is 0 Å². The number of ether oxygens (including phenoxy) is 1. The molecule has 0 spiro atoms. The lowest BCUT2D eigenvalue weighted by molar-refractivity contribution is -0.141. The van der Waals surface area contributed by atoms with Crippen molar-refractivity contribution in [3.8, 4) is 0 Å². The maximum Gasteiger partial charge on any atom is 0.319 e. The zero-order valence-corrected chi connectivity index (χ0v) is 9.90. The van der Waals surface area contributed by atoms with Crippen LogP contribution in [0.4, 0.5) is 0 Å². The highest BCUT2D eigenvalue weighted by Gasteiger charge is 2.01. The largest absolute Gasteiger partial charge is 0.464 e. The van der Waals surface area contributed by atoms with Crippen LogP contribution in [0.25, 0.3) is 0 Å². The van der Waals surface area contributed by atoms with Crippen molar-refractivity contribution in [3.63, 3.8) is 0 Å². The van der Waals surface area contributed by atoms with Crippen LogP contribution in [0.15, 0.2) is 24.3 Å². The van der Waals surface area contributed by atoms with Crippen molar-refractivity contribution in [2.75, 3.05) is 13.2 Å². The van der Waals surface area contributed by atoms with E-state index in [1.54, 1.807) is 0 Å². The molecule has 1 aromatic carbocycles. The molecule has 0 amide bonds. The van der Waals surface area contributed by atoms with Crippen LogP contribution in [0.3, 0.4) is 0 Å². The molecule has 3 nitrogen and oxygen atoms in total. The Hall–Kier alpha value is -1.35. The molecule has 0 fully saturated rings. The summed E-state index contributed by atoms with van der Waals surface area (Å²) in [5.74, 6) is 0.197. The summed E-state index contributed by atoms with van der Waals surface area (Å²) in [6, 6.07) is 8.38. The van der Waals surface area contributed by atoms with Gasteiger partial charge in [0.15, 0.2) is 0 Å². The standard InChI is InChI=1S/C13H19NO2/c1-10(2)12-5-3-11(4-6-12)7-8-16-13(15)9-14/h3-6,10H,7-9,14H2,1-2H3. The van der Waals surface area contributed by atoms with E-state index in [9.17, 15) is 4.79 Å². The molecule has 0 heterocycles. The average Bonchev–Trinajstić information content (AvgIpc) is 2.29. The highest BCUT2D eigenvalue weighted by atomic mass is 16.5. The Balaban J connectivity index is 2.40. The van der Waals surface area contributed by atoms with Crippen molar-refractivity contribution in [2.24, 2.45) is 5.73 Å². The first-order valence-electron chi connectivity index (χ1n) is 5.58. The molecule has 0 aliphatic carbocycles. The zero-order chi connectivity index (χ0) is 12.0. The molecule has 16 heavy (non-hydrogen) atoms. The number of benzene rings is 1. The molecular formula is C13H19NO2. The van der Waals surface area contributed by atoms with Crippen LogP contribution in [-0.2, 0) is 16.0 Å². The SMILES string of the molecule is CC(C)c1ccc(CCOC(=O)CN)cc1. The van der Waals surface area contributed by atoms with Gasteiger partial charge >= 0.3 is 5.97 Å². The molecule has 88 valence electrons. The molecule has 3 heteroatoms. The van der Waals surface area contributed by atoms with E-state index in [-0.39, 0.29) is 12.5 Å². The van der Waals surface area contributed by atoms with E-state index in [0.717, 1.165) is 6.42 Å². The van der Waals surface area contributed by atoms with Crippen molar-refractivity contribution in [1.29, 1.82) is 0 Å².